The van der Waals surface area contributed by atoms with Crippen LogP contribution in [-0.4, -0.2) is 36.5 Å². The predicted molar refractivity (Wildman–Crippen MR) is 101 cm³/mol. The fourth-order valence-electron chi connectivity index (χ4n) is 3.77. The summed E-state index contributed by atoms with van der Waals surface area (Å²) in [5.74, 6) is 0.127. The molecule has 0 aliphatic carbocycles. The molecule has 2 heterocycles. The van der Waals surface area contributed by atoms with E-state index in [1.165, 1.54) is 56.3 Å². The van der Waals surface area contributed by atoms with Crippen molar-refractivity contribution in [3.05, 3.63) is 35.4 Å². The van der Waals surface area contributed by atoms with Gasteiger partial charge in [0.2, 0.25) is 5.91 Å². The first-order valence-electron chi connectivity index (χ1n) is 9.85. The van der Waals surface area contributed by atoms with E-state index in [1.54, 1.807) is 0 Å². The van der Waals surface area contributed by atoms with Crippen LogP contribution in [0.3, 0.4) is 0 Å². The van der Waals surface area contributed by atoms with Gasteiger partial charge in [-0.1, -0.05) is 43.5 Å². The first kappa shape index (κ1) is 18.4. The third kappa shape index (κ3) is 6.10. The maximum atomic E-state index is 12.2. The topological polar surface area (TPSA) is 56.4 Å². The zero-order valence-electron chi connectivity index (χ0n) is 15.2. The van der Waals surface area contributed by atoms with Crippen molar-refractivity contribution in [3.8, 4) is 0 Å². The van der Waals surface area contributed by atoms with E-state index in [0.717, 1.165) is 19.5 Å². The number of rotatable bonds is 6. The monoisotopic (exact) mass is 344 g/mol. The van der Waals surface area contributed by atoms with Crippen LogP contribution in [0.25, 0.3) is 0 Å². The zero-order valence-corrected chi connectivity index (χ0v) is 15.2. The molecule has 5 heteroatoms. The van der Waals surface area contributed by atoms with Gasteiger partial charge in [-0.2, -0.15) is 0 Å². The Balaban J connectivity index is 1.51. The van der Waals surface area contributed by atoms with Crippen LogP contribution in [0.1, 0.15) is 56.1 Å². The van der Waals surface area contributed by atoms with Crippen LogP contribution in [0.2, 0.25) is 0 Å². The number of hydrazine groups is 1. The molecule has 0 saturated carbocycles. The zero-order chi connectivity index (χ0) is 17.3. The van der Waals surface area contributed by atoms with Crippen molar-refractivity contribution >= 4 is 5.91 Å². The summed E-state index contributed by atoms with van der Waals surface area (Å²) >= 11 is 0. The molecule has 2 fully saturated rings. The highest BCUT2D eigenvalue weighted by molar-refractivity contribution is 5.76. The van der Waals surface area contributed by atoms with Gasteiger partial charge in [-0.3, -0.25) is 20.5 Å². The summed E-state index contributed by atoms with van der Waals surface area (Å²) in [6.45, 7) is 4.96. The number of benzene rings is 1. The lowest BCUT2D eigenvalue weighted by atomic mass is 10.0. The van der Waals surface area contributed by atoms with E-state index in [0.29, 0.717) is 13.0 Å². The predicted octanol–water partition coefficient (Wildman–Crippen LogP) is 2.33. The molecule has 0 radical (unpaired) electrons. The molecule has 1 aromatic rings. The van der Waals surface area contributed by atoms with E-state index in [9.17, 15) is 4.79 Å². The molecule has 5 nitrogen and oxygen atoms in total. The highest BCUT2D eigenvalue weighted by Crippen LogP contribution is 2.16. The van der Waals surface area contributed by atoms with Crippen molar-refractivity contribution in [2.45, 2.75) is 64.1 Å². The number of carbonyl (C=O) groups excluding carboxylic acids is 1. The van der Waals surface area contributed by atoms with Gasteiger partial charge in [0.25, 0.3) is 0 Å². The van der Waals surface area contributed by atoms with Gasteiger partial charge < -0.3 is 5.32 Å². The Morgan fingerprint density at radius 1 is 1.08 bits per heavy atom. The van der Waals surface area contributed by atoms with Gasteiger partial charge >= 0.3 is 0 Å². The fourth-order valence-corrected chi connectivity index (χ4v) is 3.77. The Morgan fingerprint density at radius 2 is 1.80 bits per heavy atom. The van der Waals surface area contributed by atoms with Crippen molar-refractivity contribution in [1.29, 1.82) is 0 Å². The number of likely N-dealkylation sites (tertiary alicyclic amines) is 1. The molecule has 2 aliphatic rings. The molecule has 3 rings (SSSR count). The minimum absolute atomic E-state index is 0.127. The molecule has 1 aromatic carbocycles. The molecular formula is C20H32N4O. The van der Waals surface area contributed by atoms with E-state index in [-0.39, 0.29) is 11.9 Å². The number of hydrogen-bond acceptors (Lipinski definition) is 4. The Morgan fingerprint density at radius 3 is 2.52 bits per heavy atom. The largest absolute Gasteiger partial charge is 0.352 e. The molecular weight excluding hydrogens is 312 g/mol. The van der Waals surface area contributed by atoms with Gasteiger partial charge in [0.05, 0.1) is 0 Å². The molecule has 2 saturated heterocycles. The summed E-state index contributed by atoms with van der Waals surface area (Å²) in [5, 5.41) is 3.10. The van der Waals surface area contributed by atoms with Gasteiger partial charge in [0, 0.05) is 32.1 Å². The summed E-state index contributed by atoms with van der Waals surface area (Å²) < 4.78 is 0. The second kappa shape index (κ2) is 9.90. The number of nitrogens with zero attached hydrogens (tertiary/aromatic N) is 1. The number of amides is 1. The Labute approximate surface area is 151 Å². The van der Waals surface area contributed by atoms with E-state index in [4.69, 9.17) is 0 Å². The lowest BCUT2D eigenvalue weighted by Crippen LogP contribution is -2.35. The maximum Gasteiger partial charge on any atom is 0.221 e. The summed E-state index contributed by atoms with van der Waals surface area (Å²) in [6.07, 6.45) is 8.28. The molecule has 25 heavy (non-hydrogen) atoms. The number of nitrogens with one attached hydrogen (secondary N) is 3. The average Bonchev–Trinajstić information content (AvgIpc) is 3.09. The first-order chi connectivity index (χ1) is 12.3. The van der Waals surface area contributed by atoms with E-state index in [2.05, 4.69) is 45.3 Å². The van der Waals surface area contributed by atoms with Crippen molar-refractivity contribution in [1.82, 2.24) is 21.1 Å². The second-order valence-corrected chi connectivity index (χ2v) is 7.35. The van der Waals surface area contributed by atoms with E-state index < -0.39 is 0 Å². The van der Waals surface area contributed by atoms with Gasteiger partial charge in [-0.25, -0.2) is 0 Å². The van der Waals surface area contributed by atoms with E-state index >= 15 is 0 Å². The van der Waals surface area contributed by atoms with Crippen molar-refractivity contribution in [2.75, 3.05) is 19.6 Å². The highest BCUT2D eigenvalue weighted by atomic mass is 16.1. The van der Waals surface area contributed by atoms with Crippen LogP contribution in [-0.2, 0) is 17.9 Å². The molecule has 0 spiro atoms. The van der Waals surface area contributed by atoms with Crippen LogP contribution in [0.15, 0.2) is 24.3 Å². The molecule has 0 aromatic heterocycles. The van der Waals surface area contributed by atoms with Crippen LogP contribution < -0.4 is 16.2 Å². The molecule has 1 atom stereocenters. The van der Waals surface area contributed by atoms with E-state index in [1.807, 2.05) is 0 Å². The van der Waals surface area contributed by atoms with Crippen LogP contribution >= 0.6 is 0 Å². The van der Waals surface area contributed by atoms with Gasteiger partial charge in [0.1, 0.15) is 0 Å². The van der Waals surface area contributed by atoms with Crippen molar-refractivity contribution < 1.29 is 4.79 Å². The van der Waals surface area contributed by atoms with Crippen molar-refractivity contribution in [3.63, 3.8) is 0 Å². The molecule has 2 aliphatic heterocycles. The average molecular weight is 345 g/mol. The number of carbonyl (C=O) groups is 1. The highest BCUT2D eigenvalue weighted by Gasteiger charge is 2.17. The lowest BCUT2D eigenvalue weighted by molar-refractivity contribution is -0.121. The van der Waals surface area contributed by atoms with Crippen LogP contribution in [0, 0.1) is 0 Å². The lowest BCUT2D eigenvalue weighted by Gasteiger charge is -2.25. The van der Waals surface area contributed by atoms with Gasteiger partial charge in [0.15, 0.2) is 0 Å². The summed E-state index contributed by atoms with van der Waals surface area (Å²) in [7, 11) is 0. The SMILES string of the molecule is O=C(CC1CCNN1)NCc1ccccc1CN1CCCCCCC1. The summed E-state index contributed by atoms with van der Waals surface area (Å²) in [4.78, 5) is 14.7. The molecule has 138 valence electrons. The number of hydrogen-bond donors (Lipinski definition) is 3. The molecule has 1 amide bonds. The second-order valence-electron chi connectivity index (χ2n) is 7.35. The van der Waals surface area contributed by atoms with Crippen LogP contribution in [0.4, 0.5) is 0 Å². The Hall–Kier alpha value is -1.43. The van der Waals surface area contributed by atoms with Crippen molar-refractivity contribution in [2.24, 2.45) is 0 Å². The minimum Gasteiger partial charge on any atom is -0.352 e. The fraction of sp³-hybridized carbons (Fsp3) is 0.650. The maximum absolute atomic E-state index is 12.2. The third-order valence-corrected chi connectivity index (χ3v) is 5.29. The normalized spacial score (nSPS) is 22.3. The standard InChI is InChI=1S/C20H32N4O/c25-20(14-19-10-11-22-23-19)21-15-17-8-4-5-9-18(17)16-24-12-6-2-1-3-7-13-24/h4-5,8-9,19,22-23H,1-3,6-7,10-16H2,(H,21,25). The Bertz CT molecular complexity index is 534. The van der Waals surface area contributed by atoms with Gasteiger partial charge in [-0.05, 0) is 43.5 Å². The quantitative estimate of drug-likeness (QED) is 0.741. The van der Waals surface area contributed by atoms with Gasteiger partial charge in [-0.15, -0.1) is 0 Å². The minimum atomic E-state index is 0.127. The molecule has 1 unspecified atom stereocenters. The third-order valence-electron chi connectivity index (χ3n) is 5.29. The molecule has 0 bridgehead atoms. The Kier molecular flexibility index (Phi) is 7.27. The van der Waals surface area contributed by atoms with Crippen LogP contribution in [0.5, 0.6) is 0 Å². The summed E-state index contributed by atoms with van der Waals surface area (Å²) in [6, 6.07) is 8.80. The molecule has 3 N–H and O–H groups in total. The summed E-state index contributed by atoms with van der Waals surface area (Å²) in [5.41, 5.74) is 8.82. The smallest absolute Gasteiger partial charge is 0.221 e. The first-order valence-corrected chi connectivity index (χ1v) is 9.85.